The zero-order valence-corrected chi connectivity index (χ0v) is 16.7. The molecule has 0 bridgehead atoms. The quantitative estimate of drug-likeness (QED) is 0.753. The lowest BCUT2D eigenvalue weighted by atomic mass is 10.2. The topological polar surface area (TPSA) is 75.7 Å². The molecular weight excluding hydrogens is 395 g/mol. The molecule has 9 heteroatoms. The Morgan fingerprint density at radius 2 is 1.96 bits per heavy atom. The number of halogens is 2. The smallest absolute Gasteiger partial charge is 0.238 e. The molecule has 0 saturated carbocycles. The third kappa shape index (κ3) is 5.92. The van der Waals surface area contributed by atoms with Gasteiger partial charge in [-0.25, -0.2) is 12.8 Å². The van der Waals surface area contributed by atoms with Crippen molar-refractivity contribution in [3.05, 3.63) is 52.8 Å². The largest absolute Gasteiger partial charge is 0.494 e. The minimum atomic E-state index is -3.42. The van der Waals surface area contributed by atoms with Gasteiger partial charge in [-0.1, -0.05) is 17.7 Å². The second kappa shape index (κ2) is 8.69. The Kier molecular flexibility index (Phi) is 6.80. The van der Waals surface area contributed by atoms with Gasteiger partial charge in [0, 0.05) is 12.8 Å². The van der Waals surface area contributed by atoms with Gasteiger partial charge in [0.05, 0.1) is 29.3 Å². The van der Waals surface area contributed by atoms with E-state index in [1.807, 2.05) is 0 Å². The number of hydrogen-bond donors (Lipinski definition) is 1. The summed E-state index contributed by atoms with van der Waals surface area (Å²) < 4.78 is 41.9. The lowest BCUT2D eigenvalue weighted by Gasteiger charge is -2.17. The molecule has 6 nitrogen and oxygen atoms in total. The molecule has 0 radical (unpaired) electrons. The van der Waals surface area contributed by atoms with Crippen LogP contribution in [0.1, 0.15) is 5.56 Å². The average Bonchev–Trinajstić information content (AvgIpc) is 2.55. The molecule has 0 aromatic heterocycles. The molecular formula is C18H20ClFN2O4S. The van der Waals surface area contributed by atoms with E-state index < -0.39 is 15.7 Å². The van der Waals surface area contributed by atoms with Crippen LogP contribution in [0.3, 0.4) is 0 Å². The number of rotatable bonds is 7. The van der Waals surface area contributed by atoms with Gasteiger partial charge in [0.25, 0.3) is 0 Å². The maximum Gasteiger partial charge on any atom is 0.238 e. The minimum absolute atomic E-state index is 0.00702. The Labute approximate surface area is 162 Å². The summed E-state index contributed by atoms with van der Waals surface area (Å²) in [6, 6.07) is 8.68. The third-order valence-electron chi connectivity index (χ3n) is 3.72. The van der Waals surface area contributed by atoms with E-state index in [9.17, 15) is 17.6 Å². The number of sulfone groups is 1. The average molecular weight is 415 g/mol. The zero-order chi connectivity index (χ0) is 20.2. The molecule has 0 heterocycles. The zero-order valence-electron chi connectivity index (χ0n) is 15.1. The van der Waals surface area contributed by atoms with Crippen LogP contribution in [0.15, 0.2) is 41.3 Å². The first kappa shape index (κ1) is 21.1. The summed E-state index contributed by atoms with van der Waals surface area (Å²) in [5.74, 6) is -0.698. The highest BCUT2D eigenvalue weighted by Gasteiger charge is 2.14. The Morgan fingerprint density at radius 3 is 2.56 bits per heavy atom. The van der Waals surface area contributed by atoms with E-state index >= 15 is 0 Å². The summed E-state index contributed by atoms with van der Waals surface area (Å²) >= 11 is 6.03. The predicted octanol–water partition coefficient (Wildman–Crippen LogP) is 2.96. The summed E-state index contributed by atoms with van der Waals surface area (Å²) in [6.45, 7) is 0.346. The van der Waals surface area contributed by atoms with Gasteiger partial charge in [0.2, 0.25) is 5.91 Å². The van der Waals surface area contributed by atoms with Crippen molar-refractivity contribution in [2.75, 3.05) is 32.3 Å². The van der Waals surface area contributed by atoms with E-state index in [1.165, 1.54) is 37.4 Å². The normalized spacial score (nSPS) is 11.5. The molecule has 1 amide bonds. The first-order valence-electron chi connectivity index (χ1n) is 7.90. The monoisotopic (exact) mass is 414 g/mol. The van der Waals surface area contributed by atoms with Gasteiger partial charge in [0.15, 0.2) is 21.4 Å². The molecule has 0 atom stereocenters. The molecule has 1 N–H and O–H groups in total. The second-order valence-electron chi connectivity index (χ2n) is 6.10. The van der Waals surface area contributed by atoms with Crippen LogP contribution in [0, 0.1) is 5.82 Å². The SMILES string of the molecule is COc1ccc(CN(C)CC(=O)Nc2cc(S(C)(=O)=O)ccc2Cl)cc1F. The van der Waals surface area contributed by atoms with Gasteiger partial charge in [-0.2, -0.15) is 0 Å². The fourth-order valence-corrected chi connectivity index (χ4v) is 3.25. The van der Waals surface area contributed by atoms with Crippen molar-refractivity contribution < 1.29 is 22.3 Å². The highest BCUT2D eigenvalue weighted by molar-refractivity contribution is 7.90. The molecule has 2 aromatic rings. The van der Waals surface area contributed by atoms with E-state index in [4.69, 9.17) is 16.3 Å². The van der Waals surface area contributed by atoms with E-state index in [-0.39, 0.29) is 33.8 Å². The van der Waals surface area contributed by atoms with Crippen molar-refractivity contribution in [1.82, 2.24) is 4.90 Å². The number of anilines is 1. The van der Waals surface area contributed by atoms with Crippen molar-refractivity contribution in [3.63, 3.8) is 0 Å². The number of hydrogen-bond acceptors (Lipinski definition) is 5. The van der Waals surface area contributed by atoms with E-state index in [1.54, 1.807) is 18.0 Å². The van der Waals surface area contributed by atoms with E-state index in [0.29, 0.717) is 12.1 Å². The van der Waals surface area contributed by atoms with E-state index in [2.05, 4.69) is 5.32 Å². The highest BCUT2D eigenvalue weighted by Crippen LogP contribution is 2.25. The lowest BCUT2D eigenvalue weighted by molar-refractivity contribution is -0.117. The number of carbonyl (C=O) groups excluding carboxylic acids is 1. The van der Waals surface area contributed by atoms with Crippen LogP contribution in [0.4, 0.5) is 10.1 Å². The first-order chi connectivity index (χ1) is 12.6. The summed E-state index contributed by atoms with van der Waals surface area (Å²) in [5.41, 5.74) is 0.897. The van der Waals surface area contributed by atoms with Crippen molar-refractivity contribution in [2.24, 2.45) is 0 Å². The molecule has 0 unspecified atom stereocenters. The fraction of sp³-hybridized carbons (Fsp3) is 0.278. The van der Waals surface area contributed by atoms with Crippen LogP contribution >= 0.6 is 11.6 Å². The maximum atomic E-state index is 13.7. The Morgan fingerprint density at radius 1 is 1.26 bits per heavy atom. The minimum Gasteiger partial charge on any atom is -0.494 e. The van der Waals surface area contributed by atoms with Gasteiger partial charge in [-0.05, 0) is 42.9 Å². The van der Waals surface area contributed by atoms with Crippen LogP contribution < -0.4 is 10.1 Å². The molecule has 0 aliphatic rings. The predicted molar refractivity (Wildman–Crippen MR) is 102 cm³/mol. The summed E-state index contributed by atoms with van der Waals surface area (Å²) in [7, 11) is -0.326. The van der Waals surface area contributed by atoms with Gasteiger partial charge in [0.1, 0.15) is 0 Å². The summed E-state index contributed by atoms with van der Waals surface area (Å²) in [5, 5.41) is 2.83. The first-order valence-corrected chi connectivity index (χ1v) is 10.2. The van der Waals surface area contributed by atoms with Crippen LogP contribution in [0.25, 0.3) is 0 Å². The number of carbonyl (C=O) groups is 1. The fourth-order valence-electron chi connectivity index (χ4n) is 2.44. The number of likely N-dealkylation sites (N-methyl/N-ethyl adjacent to an activating group) is 1. The van der Waals surface area contributed by atoms with Crippen LogP contribution in [0.2, 0.25) is 5.02 Å². The second-order valence-corrected chi connectivity index (χ2v) is 8.53. The Bertz CT molecular complexity index is 950. The number of methoxy groups -OCH3 is 1. The molecule has 0 aliphatic heterocycles. The van der Waals surface area contributed by atoms with E-state index in [0.717, 1.165) is 6.26 Å². The molecule has 146 valence electrons. The van der Waals surface area contributed by atoms with Crippen molar-refractivity contribution in [1.29, 1.82) is 0 Å². The Balaban J connectivity index is 2.02. The van der Waals surface area contributed by atoms with Crippen molar-refractivity contribution in [2.45, 2.75) is 11.4 Å². The van der Waals surface area contributed by atoms with Crippen molar-refractivity contribution in [3.8, 4) is 5.75 Å². The van der Waals surface area contributed by atoms with Gasteiger partial charge < -0.3 is 10.1 Å². The summed E-state index contributed by atoms with van der Waals surface area (Å²) in [4.78, 5) is 14.0. The van der Waals surface area contributed by atoms with Crippen molar-refractivity contribution >= 4 is 33.0 Å². The molecule has 0 saturated heterocycles. The molecule has 27 heavy (non-hydrogen) atoms. The van der Waals surface area contributed by atoms with Crippen LogP contribution in [0.5, 0.6) is 5.75 Å². The molecule has 0 aliphatic carbocycles. The third-order valence-corrected chi connectivity index (χ3v) is 5.16. The number of amides is 1. The van der Waals surface area contributed by atoms with Gasteiger partial charge in [-0.15, -0.1) is 0 Å². The number of benzene rings is 2. The van der Waals surface area contributed by atoms with Crippen LogP contribution in [-0.4, -0.2) is 46.2 Å². The maximum absolute atomic E-state index is 13.7. The molecule has 2 rings (SSSR count). The standard InChI is InChI=1S/C18H20ClFN2O4S/c1-22(10-12-4-7-17(26-2)15(20)8-12)11-18(23)21-16-9-13(27(3,24)25)5-6-14(16)19/h4-9H,10-11H2,1-3H3,(H,21,23). The van der Waals surface area contributed by atoms with Gasteiger partial charge >= 0.3 is 0 Å². The van der Waals surface area contributed by atoms with Gasteiger partial charge in [-0.3, -0.25) is 9.69 Å². The number of nitrogens with zero attached hydrogens (tertiary/aromatic N) is 1. The number of nitrogens with one attached hydrogen (secondary N) is 1. The molecule has 0 fully saturated rings. The summed E-state index contributed by atoms with van der Waals surface area (Å²) in [6.07, 6.45) is 1.07. The molecule has 0 spiro atoms. The lowest BCUT2D eigenvalue weighted by Crippen LogP contribution is -2.30. The number of ether oxygens (including phenoxy) is 1. The van der Waals surface area contributed by atoms with Crippen LogP contribution in [-0.2, 0) is 21.2 Å². The Hall–Kier alpha value is -2.16. The molecule has 2 aromatic carbocycles. The highest BCUT2D eigenvalue weighted by atomic mass is 35.5.